The van der Waals surface area contributed by atoms with Crippen molar-refractivity contribution in [2.75, 3.05) is 5.32 Å². The molecule has 0 fully saturated rings. The van der Waals surface area contributed by atoms with Crippen molar-refractivity contribution in [3.8, 4) is 0 Å². The Morgan fingerprint density at radius 3 is 2.76 bits per heavy atom. The molecule has 4 nitrogen and oxygen atoms in total. The van der Waals surface area contributed by atoms with Crippen LogP contribution >= 0.6 is 15.9 Å². The van der Waals surface area contributed by atoms with Crippen LogP contribution in [0.4, 0.5) is 5.69 Å². The number of oxazole rings is 1. The number of nitrogens with one attached hydrogen (secondary N) is 1. The van der Waals surface area contributed by atoms with E-state index < -0.39 is 0 Å². The maximum atomic E-state index is 11.8. The van der Waals surface area contributed by atoms with Crippen molar-refractivity contribution in [1.82, 2.24) is 4.98 Å². The molecule has 0 unspecified atom stereocenters. The standard InChI is InChI=1S/C12H11BrN2O2/c1-7-3-4-9(5-10(7)13)15-12(16)11-8(2)14-6-17-11/h3-6H,1-2H3,(H,15,16). The quantitative estimate of drug-likeness (QED) is 0.924. The van der Waals surface area contributed by atoms with Gasteiger partial charge in [-0.05, 0) is 31.5 Å². The summed E-state index contributed by atoms with van der Waals surface area (Å²) in [5.74, 6) is -0.0579. The first-order valence-electron chi connectivity index (χ1n) is 5.05. The first kappa shape index (κ1) is 11.9. The Morgan fingerprint density at radius 2 is 2.18 bits per heavy atom. The van der Waals surface area contributed by atoms with E-state index in [1.807, 2.05) is 25.1 Å². The van der Waals surface area contributed by atoms with Gasteiger partial charge in [-0.3, -0.25) is 4.79 Å². The Morgan fingerprint density at radius 1 is 1.41 bits per heavy atom. The van der Waals surface area contributed by atoms with Crippen molar-refractivity contribution in [1.29, 1.82) is 0 Å². The van der Waals surface area contributed by atoms with Crippen molar-refractivity contribution in [3.05, 3.63) is 46.1 Å². The van der Waals surface area contributed by atoms with Gasteiger partial charge in [0.05, 0.1) is 5.69 Å². The second-order valence-corrected chi connectivity index (χ2v) is 4.54. The molecular weight excluding hydrogens is 284 g/mol. The molecule has 0 aliphatic rings. The molecule has 0 aliphatic heterocycles. The first-order chi connectivity index (χ1) is 8.08. The number of rotatable bonds is 2. The zero-order valence-electron chi connectivity index (χ0n) is 9.45. The van der Waals surface area contributed by atoms with E-state index in [9.17, 15) is 4.79 Å². The van der Waals surface area contributed by atoms with E-state index in [0.29, 0.717) is 11.4 Å². The summed E-state index contributed by atoms with van der Waals surface area (Å²) in [5.41, 5.74) is 2.40. The average Bonchev–Trinajstić information content (AvgIpc) is 2.70. The third-order valence-corrected chi connectivity index (χ3v) is 3.24. The lowest BCUT2D eigenvalue weighted by Crippen LogP contribution is -2.12. The van der Waals surface area contributed by atoms with Crippen LogP contribution in [0.2, 0.25) is 0 Å². The maximum absolute atomic E-state index is 11.8. The number of carbonyl (C=O) groups excluding carboxylic acids is 1. The Labute approximate surface area is 107 Å². The highest BCUT2D eigenvalue weighted by Crippen LogP contribution is 2.21. The van der Waals surface area contributed by atoms with Gasteiger partial charge in [-0.15, -0.1) is 0 Å². The van der Waals surface area contributed by atoms with Crippen molar-refractivity contribution in [3.63, 3.8) is 0 Å². The second-order valence-electron chi connectivity index (χ2n) is 3.68. The number of aryl methyl sites for hydroxylation is 2. The number of nitrogens with zero attached hydrogens (tertiary/aromatic N) is 1. The van der Waals surface area contributed by atoms with Crippen LogP contribution in [0.5, 0.6) is 0 Å². The fourth-order valence-electron chi connectivity index (χ4n) is 1.38. The van der Waals surface area contributed by atoms with Crippen LogP contribution in [0.1, 0.15) is 21.8 Å². The van der Waals surface area contributed by atoms with Gasteiger partial charge in [0.15, 0.2) is 6.39 Å². The number of hydrogen-bond donors (Lipinski definition) is 1. The highest BCUT2D eigenvalue weighted by Gasteiger charge is 2.14. The normalized spacial score (nSPS) is 10.3. The smallest absolute Gasteiger partial charge is 0.293 e. The summed E-state index contributed by atoms with van der Waals surface area (Å²) in [6, 6.07) is 5.61. The molecule has 1 amide bonds. The molecule has 0 saturated heterocycles. The molecule has 0 saturated carbocycles. The topological polar surface area (TPSA) is 55.1 Å². The largest absolute Gasteiger partial charge is 0.438 e. The van der Waals surface area contributed by atoms with Crippen LogP contribution in [0.3, 0.4) is 0 Å². The Balaban J connectivity index is 2.19. The number of benzene rings is 1. The molecule has 2 rings (SSSR count). The molecule has 0 spiro atoms. The van der Waals surface area contributed by atoms with Crippen LogP contribution in [0, 0.1) is 13.8 Å². The van der Waals surface area contributed by atoms with E-state index >= 15 is 0 Å². The van der Waals surface area contributed by atoms with Crippen molar-refractivity contribution >= 4 is 27.5 Å². The molecule has 1 N–H and O–H groups in total. The van der Waals surface area contributed by atoms with Crippen LogP contribution in [-0.4, -0.2) is 10.9 Å². The van der Waals surface area contributed by atoms with Crippen LogP contribution < -0.4 is 5.32 Å². The van der Waals surface area contributed by atoms with Gasteiger partial charge in [-0.2, -0.15) is 0 Å². The van der Waals surface area contributed by atoms with E-state index in [-0.39, 0.29) is 11.7 Å². The Hall–Kier alpha value is -1.62. The third-order valence-electron chi connectivity index (χ3n) is 2.38. The Kier molecular flexibility index (Phi) is 3.28. The van der Waals surface area contributed by atoms with Gasteiger partial charge in [-0.1, -0.05) is 22.0 Å². The van der Waals surface area contributed by atoms with Crippen molar-refractivity contribution in [2.45, 2.75) is 13.8 Å². The fourth-order valence-corrected chi connectivity index (χ4v) is 1.76. The van der Waals surface area contributed by atoms with Crippen LogP contribution in [-0.2, 0) is 0 Å². The van der Waals surface area contributed by atoms with Gasteiger partial charge < -0.3 is 9.73 Å². The van der Waals surface area contributed by atoms with Gasteiger partial charge >= 0.3 is 0 Å². The van der Waals surface area contributed by atoms with E-state index in [4.69, 9.17) is 4.42 Å². The lowest BCUT2D eigenvalue weighted by molar-refractivity contribution is 0.0996. The summed E-state index contributed by atoms with van der Waals surface area (Å²) in [6.45, 7) is 3.71. The molecule has 17 heavy (non-hydrogen) atoms. The van der Waals surface area contributed by atoms with Gasteiger partial charge in [0, 0.05) is 10.2 Å². The minimum atomic E-state index is -0.296. The number of hydrogen-bond acceptors (Lipinski definition) is 3. The van der Waals surface area contributed by atoms with Gasteiger partial charge in [0.2, 0.25) is 5.76 Å². The summed E-state index contributed by atoms with van der Waals surface area (Å²) < 4.78 is 5.97. The summed E-state index contributed by atoms with van der Waals surface area (Å²) in [5, 5.41) is 2.75. The van der Waals surface area contributed by atoms with Crippen molar-refractivity contribution < 1.29 is 9.21 Å². The molecule has 88 valence electrons. The van der Waals surface area contributed by atoms with E-state index in [1.165, 1.54) is 6.39 Å². The minimum Gasteiger partial charge on any atom is -0.438 e. The summed E-state index contributed by atoms with van der Waals surface area (Å²) in [4.78, 5) is 15.7. The number of halogens is 1. The third kappa shape index (κ3) is 2.55. The highest BCUT2D eigenvalue weighted by molar-refractivity contribution is 9.10. The summed E-state index contributed by atoms with van der Waals surface area (Å²) in [6.07, 6.45) is 1.26. The predicted octanol–water partition coefficient (Wildman–Crippen LogP) is 3.31. The SMILES string of the molecule is Cc1ccc(NC(=O)c2ocnc2C)cc1Br. The summed E-state index contributed by atoms with van der Waals surface area (Å²) >= 11 is 3.41. The molecule has 1 aromatic carbocycles. The molecule has 5 heteroatoms. The van der Waals surface area contributed by atoms with E-state index in [1.54, 1.807) is 6.92 Å². The number of aromatic nitrogens is 1. The van der Waals surface area contributed by atoms with E-state index in [0.717, 1.165) is 10.0 Å². The molecule has 0 bridgehead atoms. The summed E-state index contributed by atoms with van der Waals surface area (Å²) in [7, 11) is 0. The molecular formula is C12H11BrN2O2. The molecule has 2 aromatic rings. The highest BCUT2D eigenvalue weighted by atomic mass is 79.9. The molecule has 0 atom stereocenters. The molecule has 0 radical (unpaired) electrons. The molecule has 0 aliphatic carbocycles. The lowest BCUT2D eigenvalue weighted by Gasteiger charge is -2.05. The van der Waals surface area contributed by atoms with Crippen LogP contribution in [0.25, 0.3) is 0 Å². The van der Waals surface area contributed by atoms with Gasteiger partial charge in [0.25, 0.3) is 5.91 Å². The number of anilines is 1. The van der Waals surface area contributed by atoms with Gasteiger partial charge in [0.1, 0.15) is 0 Å². The molecule has 1 aromatic heterocycles. The first-order valence-corrected chi connectivity index (χ1v) is 5.85. The average molecular weight is 295 g/mol. The van der Waals surface area contributed by atoms with Crippen molar-refractivity contribution in [2.24, 2.45) is 0 Å². The fraction of sp³-hybridized carbons (Fsp3) is 0.167. The Bertz CT molecular complexity index is 563. The second kappa shape index (κ2) is 4.71. The van der Waals surface area contributed by atoms with Crippen LogP contribution in [0.15, 0.2) is 33.5 Å². The van der Waals surface area contributed by atoms with E-state index in [2.05, 4.69) is 26.2 Å². The lowest BCUT2D eigenvalue weighted by atomic mass is 10.2. The zero-order chi connectivity index (χ0) is 12.4. The minimum absolute atomic E-state index is 0.238. The monoisotopic (exact) mass is 294 g/mol. The molecule has 1 heterocycles. The maximum Gasteiger partial charge on any atom is 0.293 e. The predicted molar refractivity (Wildman–Crippen MR) is 68.1 cm³/mol. The zero-order valence-corrected chi connectivity index (χ0v) is 11.0. The number of carbonyl (C=O) groups is 1. The van der Waals surface area contributed by atoms with Gasteiger partial charge in [-0.25, -0.2) is 4.98 Å². The number of amides is 1.